The molecular formula is C14H18O4. The highest BCUT2D eigenvalue weighted by Gasteiger charge is 2.02. The lowest BCUT2D eigenvalue weighted by molar-refractivity contribution is -0.142. The van der Waals surface area contributed by atoms with Crippen LogP contribution in [0.25, 0.3) is 6.08 Å². The van der Waals surface area contributed by atoms with Gasteiger partial charge in [-0.15, -0.1) is 0 Å². The standard InChI is InChI=1S/C14H18O4/c1-4-18-14(15)7-5-6-11-10-12(16-2)8-9-13(11)17-3/h5-6,8-10H,4,7H2,1-3H3. The summed E-state index contributed by atoms with van der Waals surface area (Å²) >= 11 is 0. The molecule has 4 heteroatoms. The molecule has 0 saturated heterocycles. The molecule has 0 fully saturated rings. The fourth-order valence-corrected chi connectivity index (χ4v) is 1.47. The molecule has 0 aromatic heterocycles. The Hall–Kier alpha value is -1.97. The van der Waals surface area contributed by atoms with Gasteiger partial charge in [-0.05, 0) is 25.1 Å². The van der Waals surface area contributed by atoms with Gasteiger partial charge in [0.2, 0.25) is 0 Å². The predicted molar refractivity (Wildman–Crippen MR) is 69.8 cm³/mol. The first kappa shape index (κ1) is 14.1. The Morgan fingerprint density at radius 3 is 2.67 bits per heavy atom. The van der Waals surface area contributed by atoms with Gasteiger partial charge in [0.05, 0.1) is 27.2 Å². The summed E-state index contributed by atoms with van der Waals surface area (Å²) in [6, 6.07) is 5.49. The van der Waals surface area contributed by atoms with Crippen molar-refractivity contribution < 1.29 is 19.0 Å². The molecule has 0 aliphatic rings. The Morgan fingerprint density at radius 2 is 2.06 bits per heavy atom. The third kappa shape index (κ3) is 4.13. The topological polar surface area (TPSA) is 44.8 Å². The van der Waals surface area contributed by atoms with Crippen LogP contribution in [0, 0.1) is 0 Å². The van der Waals surface area contributed by atoms with Gasteiger partial charge in [-0.3, -0.25) is 4.79 Å². The molecule has 1 aromatic carbocycles. The first-order valence-electron chi connectivity index (χ1n) is 5.75. The van der Waals surface area contributed by atoms with Crippen LogP contribution in [0.4, 0.5) is 0 Å². The lowest BCUT2D eigenvalue weighted by atomic mass is 10.1. The number of methoxy groups -OCH3 is 2. The van der Waals surface area contributed by atoms with Gasteiger partial charge in [-0.2, -0.15) is 0 Å². The zero-order valence-electron chi connectivity index (χ0n) is 10.9. The van der Waals surface area contributed by atoms with Crippen LogP contribution in [0.2, 0.25) is 0 Å². The molecule has 0 amide bonds. The van der Waals surface area contributed by atoms with Crippen LogP contribution in [0.5, 0.6) is 11.5 Å². The van der Waals surface area contributed by atoms with E-state index in [1.807, 2.05) is 24.3 Å². The van der Waals surface area contributed by atoms with Crippen molar-refractivity contribution in [3.63, 3.8) is 0 Å². The van der Waals surface area contributed by atoms with Crippen LogP contribution in [-0.2, 0) is 9.53 Å². The third-order valence-corrected chi connectivity index (χ3v) is 2.32. The second-order valence-corrected chi connectivity index (χ2v) is 3.52. The van der Waals surface area contributed by atoms with E-state index in [1.165, 1.54) is 0 Å². The monoisotopic (exact) mass is 250 g/mol. The van der Waals surface area contributed by atoms with Crippen LogP contribution >= 0.6 is 0 Å². The van der Waals surface area contributed by atoms with Crippen molar-refractivity contribution in [2.24, 2.45) is 0 Å². The molecule has 0 atom stereocenters. The molecule has 0 spiro atoms. The minimum atomic E-state index is -0.240. The Labute approximate surface area is 107 Å². The normalized spacial score (nSPS) is 10.4. The maximum Gasteiger partial charge on any atom is 0.309 e. The van der Waals surface area contributed by atoms with Crippen LogP contribution < -0.4 is 9.47 Å². The summed E-state index contributed by atoms with van der Waals surface area (Å²) in [5, 5.41) is 0. The van der Waals surface area contributed by atoms with Crippen molar-refractivity contribution in [3.05, 3.63) is 29.8 Å². The van der Waals surface area contributed by atoms with E-state index in [1.54, 1.807) is 27.2 Å². The van der Waals surface area contributed by atoms with E-state index in [9.17, 15) is 4.79 Å². The fraction of sp³-hybridized carbons (Fsp3) is 0.357. The van der Waals surface area contributed by atoms with E-state index < -0.39 is 0 Å². The molecule has 4 nitrogen and oxygen atoms in total. The van der Waals surface area contributed by atoms with E-state index in [4.69, 9.17) is 14.2 Å². The summed E-state index contributed by atoms with van der Waals surface area (Å²) in [7, 11) is 3.21. The average Bonchev–Trinajstić information content (AvgIpc) is 2.39. The molecule has 0 aliphatic carbocycles. The molecule has 0 bridgehead atoms. The molecule has 0 radical (unpaired) electrons. The number of esters is 1. The van der Waals surface area contributed by atoms with Gasteiger partial charge in [0.1, 0.15) is 11.5 Å². The Bertz CT molecular complexity index is 424. The van der Waals surface area contributed by atoms with E-state index >= 15 is 0 Å². The largest absolute Gasteiger partial charge is 0.497 e. The van der Waals surface area contributed by atoms with Crippen LogP contribution in [0.15, 0.2) is 24.3 Å². The zero-order chi connectivity index (χ0) is 13.4. The molecule has 0 unspecified atom stereocenters. The summed E-state index contributed by atoms with van der Waals surface area (Å²) in [6.07, 6.45) is 3.81. The molecule has 0 heterocycles. The van der Waals surface area contributed by atoms with Gasteiger partial charge < -0.3 is 14.2 Å². The highest BCUT2D eigenvalue weighted by atomic mass is 16.5. The van der Waals surface area contributed by atoms with Gasteiger partial charge in [-0.1, -0.05) is 12.2 Å². The van der Waals surface area contributed by atoms with Crippen molar-refractivity contribution in [2.45, 2.75) is 13.3 Å². The first-order chi connectivity index (χ1) is 8.71. The van der Waals surface area contributed by atoms with Gasteiger partial charge in [0, 0.05) is 5.56 Å². The van der Waals surface area contributed by atoms with E-state index in [0.29, 0.717) is 6.61 Å². The Balaban J connectivity index is 2.75. The number of carbonyl (C=O) groups is 1. The van der Waals surface area contributed by atoms with Crippen molar-refractivity contribution >= 4 is 12.0 Å². The molecule has 18 heavy (non-hydrogen) atoms. The van der Waals surface area contributed by atoms with Gasteiger partial charge in [-0.25, -0.2) is 0 Å². The van der Waals surface area contributed by atoms with Crippen molar-refractivity contribution in [3.8, 4) is 11.5 Å². The smallest absolute Gasteiger partial charge is 0.309 e. The molecule has 0 saturated carbocycles. The molecular weight excluding hydrogens is 232 g/mol. The number of benzene rings is 1. The average molecular weight is 250 g/mol. The van der Waals surface area contributed by atoms with Crippen molar-refractivity contribution in [1.29, 1.82) is 0 Å². The molecule has 0 aliphatic heterocycles. The molecule has 0 N–H and O–H groups in total. The Kier molecular flexibility index (Phi) is 5.77. The highest BCUT2D eigenvalue weighted by molar-refractivity contribution is 5.73. The quantitative estimate of drug-likeness (QED) is 0.728. The second kappa shape index (κ2) is 7.37. The van der Waals surface area contributed by atoms with E-state index in [0.717, 1.165) is 17.1 Å². The third-order valence-electron chi connectivity index (χ3n) is 2.32. The maximum absolute atomic E-state index is 11.2. The molecule has 1 aromatic rings. The first-order valence-corrected chi connectivity index (χ1v) is 5.75. The minimum absolute atomic E-state index is 0.240. The van der Waals surface area contributed by atoms with Crippen molar-refractivity contribution in [2.75, 3.05) is 20.8 Å². The SMILES string of the molecule is CCOC(=O)CC=Cc1cc(OC)ccc1OC. The number of carbonyl (C=O) groups excluding carboxylic acids is 1. The summed E-state index contributed by atoms with van der Waals surface area (Å²) in [5.74, 6) is 1.23. The van der Waals surface area contributed by atoms with Gasteiger partial charge in [0.15, 0.2) is 0 Å². The van der Waals surface area contributed by atoms with Crippen LogP contribution in [0.1, 0.15) is 18.9 Å². The minimum Gasteiger partial charge on any atom is -0.497 e. The summed E-state index contributed by atoms with van der Waals surface area (Å²) in [6.45, 7) is 2.18. The Morgan fingerprint density at radius 1 is 1.28 bits per heavy atom. The zero-order valence-corrected chi connectivity index (χ0v) is 10.9. The summed E-state index contributed by atoms with van der Waals surface area (Å²) in [5.41, 5.74) is 0.862. The number of rotatable bonds is 6. The lowest BCUT2D eigenvalue weighted by Gasteiger charge is -2.07. The number of hydrogen-bond acceptors (Lipinski definition) is 4. The van der Waals surface area contributed by atoms with Crippen LogP contribution in [0.3, 0.4) is 0 Å². The van der Waals surface area contributed by atoms with E-state index in [-0.39, 0.29) is 12.4 Å². The number of hydrogen-bond donors (Lipinski definition) is 0. The predicted octanol–water partition coefficient (Wildman–Crippen LogP) is 2.67. The van der Waals surface area contributed by atoms with Crippen LogP contribution in [-0.4, -0.2) is 26.8 Å². The number of ether oxygens (including phenoxy) is 3. The molecule has 98 valence electrons. The fourth-order valence-electron chi connectivity index (χ4n) is 1.47. The van der Waals surface area contributed by atoms with Gasteiger partial charge >= 0.3 is 5.97 Å². The second-order valence-electron chi connectivity index (χ2n) is 3.52. The molecule has 1 rings (SSSR count). The van der Waals surface area contributed by atoms with Gasteiger partial charge in [0.25, 0.3) is 0 Å². The highest BCUT2D eigenvalue weighted by Crippen LogP contribution is 2.25. The van der Waals surface area contributed by atoms with E-state index in [2.05, 4.69) is 0 Å². The maximum atomic E-state index is 11.2. The lowest BCUT2D eigenvalue weighted by Crippen LogP contribution is -2.01. The summed E-state index contributed by atoms with van der Waals surface area (Å²) < 4.78 is 15.2. The van der Waals surface area contributed by atoms with Crippen molar-refractivity contribution in [1.82, 2.24) is 0 Å². The summed E-state index contributed by atoms with van der Waals surface area (Å²) in [4.78, 5) is 11.2.